The van der Waals surface area contributed by atoms with Gasteiger partial charge >= 0.3 is 12.1 Å². The van der Waals surface area contributed by atoms with Gasteiger partial charge in [-0.1, -0.05) is 18.2 Å². The smallest absolute Gasteiger partial charge is 0.410 e. The molecule has 5 heteroatoms. The Balaban J connectivity index is 1.97. The number of aromatic carboxylic acids is 1. The van der Waals surface area contributed by atoms with Crippen molar-refractivity contribution < 1.29 is 19.4 Å². The van der Waals surface area contributed by atoms with Gasteiger partial charge in [0.25, 0.3) is 0 Å². The first-order valence-corrected chi connectivity index (χ1v) is 7.55. The number of carbonyl (C=O) groups excluding carboxylic acids is 1. The molecule has 1 aliphatic heterocycles. The molecule has 1 saturated heterocycles. The van der Waals surface area contributed by atoms with Crippen LogP contribution >= 0.6 is 0 Å². The lowest BCUT2D eigenvalue weighted by molar-refractivity contribution is 0.0287. The van der Waals surface area contributed by atoms with Gasteiger partial charge in [-0.25, -0.2) is 9.59 Å². The first-order chi connectivity index (χ1) is 10.3. The molecule has 5 nitrogen and oxygen atoms in total. The van der Waals surface area contributed by atoms with E-state index in [1.165, 1.54) is 0 Å². The Hall–Kier alpha value is -2.04. The molecule has 0 aliphatic carbocycles. The summed E-state index contributed by atoms with van der Waals surface area (Å²) in [7, 11) is 0. The lowest BCUT2D eigenvalue weighted by atomic mass is 9.95. The average molecular weight is 305 g/mol. The van der Waals surface area contributed by atoms with Gasteiger partial charge in [0, 0.05) is 13.1 Å². The molecule has 1 fully saturated rings. The molecule has 1 aromatic rings. The van der Waals surface area contributed by atoms with Gasteiger partial charge < -0.3 is 14.7 Å². The first-order valence-electron chi connectivity index (χ1n) is 7.55. The van der Waals surface area contributed by atoms with Crippen LogP contribution in [0.2, 0.25) is 0 Å². The highest BCUT2D eigenvalue weighted by molar-refractivity contribution is 5.89. The predicted octanol–water partition coefficient (Wildman–Crippen LogP) is 3.18. The monoisotopic (exact) mass is 305 g/mol. The third-order valence-corrected chi connectivity index (χ3v) is 3.69. The normalized spacial score (nSPS) is 18.3. The van der Waals surface area contributed by atoms with Crippen LogP contribution in [0.15, 0.2) is 24.3 Å². The van der Waals surface area contributed by atoms with Crippen molar-refractivity contribution in [1.82, 2.24) is 4.90 Å². The van der Waals surface area contributed by atoms with Crippen LogP contribution < -0.4 is 0 Å². The third-order valence-electron chi connectivity index (χ3n) is 3.69. The Morgan fingerprint density at radius 1 is 1.32 bits per heavy atom. The summed E-state index contributed by atoms with van der Waals surface area (Å²) in [5.41, 5.74) is 0.676. The van der Waals surface area contributed by atoms with E-state index < -0.39 is 11.6 Å². The number of rotatable bonds is 3. The quantitative estimate of drug-likeness (QED) is 0.931. The fourth-order valence-corrected chi connectivity index (χ4v) is 2.71. The van der Waals surface area contributed by atoms with Crippen molar-refractivity contribution in [3.8, 4) is 0 Å². The number of hydrogen-bond donors (Lipinski definition) is 1. The third kappa shape index (κ3) is 4.23. The standard InChI is InChI=1S/C17H23NO4/c1-17(2,3)22-16(21)18-9-8-12(11-18)10-13-6-4-5-7-14(13)15(19)20/h4-7,12H,8-11H2,1-3H3,(H,19,20)/t12-/m1/s1. The fraction of sp³-hybridized carbons (Fsp3) is 0.529. The minimum Gasteiger partial charge on any atom is -0.478 e. The molecule has 0 aromatic heterocycles. The van der Waals surface area contributed by atoms with Crippen LogP contribution in [0.1, 0.15) is 43.1 Å². The number of benzene rings is 1. The molecule has 1 heterocycles. The van der Waals surface area contributed by atoms with Crippen LogP contribution in [-0.2, 0) is 11.2 Å². The highest BCUT2D eigenvalue weighted by Crippen LogP contribution is 2.24. The van der Waals surface area contributed by atoms with Gasteiger partial charge in [0.1, 0.15) is 5.60 Å². The minimum absolute atomic E-state index is 0.271. The van der Waals surface area contributed by atoms with E-state index in [1.807, 2.05) is 32.9 Å². The Bertz CT molecular complexity index is 562. The van der Waals surface area contributed by atoms with E-state index in [4.69, 9.17) is 4.74 Å². The van der Waals surface area contributed by atoms with Gasteiger partial charge in [-0.15, -0.1) is 0 Å². The molecule has 2 rings (SSSR count). The maximum atomic E-state index is 12.0. The zero-order valence-corrected chi connectivity index (χ0v) is 13.3. The number of nitrogens with zero attached hydrogens (tertiary/aromatic N) is 1. The summed E-state index contributed by atoms with van der Waals surface area (Å²) >= 11 is 0. The zero-order valence-electron chi connectivity index (χ0n) is 13.3. The Kier molecular flexibility index (Phi) is 4.74. The summed E-state index contributed by atoms with van der Waals surface area (Å²) in [6.07, 6.45) is 1.25. The van der Waals surface area contributed by atoms with Gasteiger partial charge in [0.15, 0.2) is 0 Å². The first kappa shape index (κ1) is 16.3. The lowest BCUT2D eigenvalue weighted by Crippen LogP contribution is -2.35. The minimum atomic E-state index is -0.905. The molecule has 0 bridgehead atoms. The molecule has 0 radical (unpaired) electrons. The molecule has 120 valence electrons. The second kappa shape index (κ2) is 6.38. The zero-order chi connectivity index (χ0) is 16.3. The van der Waals surface area contributed by atoms with E-state index in [0.29, 0.717) is 25.1 Å². The maximum Gasteiger partial charge on any atom is 0.410 e. The number of carbonyl (C=O) groups is 2. The Morgan fingerprint density at radius 3 is 2.64 bits per heavy atom. The van der Waals surface area contributed by atoms with Crippen molar-refractivity contribution in [1.29, 1.82) is 0 Å². The highest BCUT2D eigenvalue weighted by Gasteiger charge is 2.30. The number of carboxylic acids is 1. The molecule has 0 saturated carbocycles. The summed E-state index contributed by atoms with van der Waals surface area (Å²) in [5.74, 6) is -0.634. The van der Waals surface area contributed by atoms with Crippen molar-refractivity contribution in [2.24, 2.45) is 5.92 Å². The van der Waals surface area contributed by atoms with Crippen molar-refractivity contribution in [3.63, 3.8) is 0 Å². The molecule has 0 spiro atoms. The van der Waals surface area contributed by atoms with Crippen LogP contribution in [0.5, 0.6) is 0 Å². The van der Waals surface area contributed by atoms with Gasteiger partial charge in [0.2, 0.25) is 0 Å². The summed E-state index contributed by atoms with van der Waals surface area (Å²) in [6.45, 7) is 6.82. The lowest BCUT2D eigenvalue weighted by Gasteiger charge is -2.24. The number of ether oxygens (including phenoxy) is 1. The molecule has 1 amide bonds. The molecular formula is C17H23NO4. The van der Waals surface area contributed by atoms with Crippen LogP contribution in [0, 0.1) is 5.92 Å². The van der Waals surface area contributed by atoms with Crippen molar-refractivity contribution >= 4 is 12.1 Å². The van der Waals surface area contributed by atoms with Crippen LogP contribution in [-0.4, -0.2) is 40.8 Å². The van der Waals surface area contributed by atoms with Crippen molar-refractivity contribution in [3.05, 3.63) is 35.4 Å². The topological polar surface area (TPSA) is 66.8 Å². The maximum absolute atomic E-state index is 12.0. The van der Waals surface area contributed by atoms with E-state index in [-0.39, 0.29) is 12.0 Å². The van der Waals surface area contributed by atoms with Crippen LogP contribution in [0.4, 0.5) is 4.79 Å². The predicted molar refractivity (Wildman–Crippen MR) is 83.0 cm³/mol. The highest BCUT2D eigenvalue weighted by atomic mass is 16.6. The van der Waals surface area contributed by atoms with E-state index >= 15 is 0 Å². The second-order valence-electron chi connectivity index (χ2n) is 6.75. The molecule has 1 atom stereocenters. The molecule has 1 N–H and O–H groups in total. The average Bonchev–Trinajstić information content (AvgIpc) is 2.86. The molecule has 0 unspecified atom stereocenters. The fourth-order valence-electron chi connectivity index (χ4n) is 2.71. The van der Waals surface area contributed by atoms with E-state index in [1.54, 1.807) is 17.0 Å². The van der Waals surface area contributed by atoms with Gasteiger partial charge in [0.05, 0.1) is 5.56 Å². The van der Waals surface area contributed by atoms with Crippen molar-refractivity contribution in [2.75, 3.05) is 13.1 Å². The molecule has 1 aliphatic rings. The summed E-state index contributed by atoms with van der Waals surface area (Å²) in [4.78, 5) is 25.0. The van der Waals surface area contributed by atoms with Crippen LogP contribution in [0.3, 0.4) is 0 Å². The number of likely N-dealkylation sites (tertiary alicyclic amines) is 1. The van der Waals surface area contributed by atoms with Crippen LogP contribution in [0.25, 0.3) is 0 Å². The summed E-state index contributed by atoms with van der Waals surface area (Å²) in [6, 6.07) is 7.05. The van der Waals surface area contributed by atoms with Gasteiger partial charge in [-0.2, -0.15) is 0 Å². The Morgan fingerprint density at radius 2 is 2.00 bits per heavy atom. The summed E-state index contributed by atoms with van der Waals surface area (Å²) < 4.78 is 5.38. The van der Waals surface area contributed by atoms with Gasteiger partial charge in [-0.3, -0.25) is 0 Å². The molecule has 1 aromatic carbocycles. The number of hydrogen-bond acceptors (Lipinski definition) is 3. The SMILES string of the molecule is CC(C)(C)OC(=O)N1CC[C@H](Cc2ccccc2C(=O)O)C1. The van der Waals surface area contributed by atoms with Gasteiger partial charge in [-0.05, 0) is 51.2 Å². The summed E-state index contributed by atoms with van der Waals surface area (Å²) in [5, 5.41) is 9.22. The second-order valence-corrected chi connectivity index (χ2v) is 6.75. The van der Waals surface area contributed by atoms with E-state index in [2.05, 4.69) is 0 Å². The van der Waals surface area contributed by atoms with E-state index in [9.17, 15) is 14.7 Å². The molecular weight excluding hydrogens is 282 g/mol. The van der Waals surface area contributed by atoms with E-state index in [0.717, 1.165) is 12.0 Å². The number of carboxylic acid groups (broad SMARTS) is 1. The molecule has 22 heavy (non-hydrogen) atoms. The number of amides is 1. The largest absolute Gasteiger partial charge is 0.478 e. The Labute approximate surface area is 130 Å². The van der Waals surface area contributed by atoms with Crippen molar-refractivity contribution in [2.45, 2.75) is 39.2 Å².